The number of ether oxygens (including phenoxy) is 1. The van der Waals surface area contributed by atoms with Crippen LogP contribution in [0.2, 0.25) is 0 Å². The van der Waals surface area contributed by atoms with Gasteiger partial charge in [0, 0.05) is 17.7 Å². The Balaban J connectivity index is 0.000000300. The van der Waals surface area contributed by atoms with Crippen LogP contribution in [0.25, 0.3) is 17.0 Å². The van der Waals surface area contributed by atoms with E-state index in [1.54, 1.807) is 10.8 Å². The molecule has 0 radical (unpaired) electrons. The van der Waals surface area contributed by atoms with E-state index in [9.17, 15) is 22.8 Å². The molecule has 0 atom stereocenters. The van der Waals surface area contributed by atoms with Crippen molar-refractivity contribution in [2.45, 2.75) is 19.1 Å². The topological polar surface area (TPSA) is 123 Å². The lowest BCUT2D eigenvalue weighted by molar-refractivity contribution is -0.695. The minimum absolute atomic E-state index is 0.0928. The van der Waals surface area contributed by atoms with Gasteiger partial charge in [0.15, 0.2) is 18.9 Å². The molecule has 1 N–H and O–H groups in total. The molecule has 0 saturated carbocycles. The average Bonchev–Trinajstić information content (AvgIpc) is 3.13. The summed E-state index contributed by atoms with van der Waals surface area (Å²) in [5.41, 5.74) is 1.57. The largest absolute Gasteiger partial charge is 0.490 e. The highest BCUT2D eigenvalue weighted by Gasteiger charge is 2.40. The Morgan fingerprint density at radius 1 is 1.29 bits per heavy atom. The highest BCUT2D eigenvalue weighted by molar-refractivity contribution is 5.75. The molecule has 3 rings (SSSR count). The third-order valence-electron chi connectivity index (χ3n) is 3.23. The van der Waals surface area contributed by atoms with Gasteiger partial charge in [0.1, 0.15) is 12.7 Å². The number of hydrogen-bond acceptors (Lipinski definition) is 7. The number of esters is 1. The number of carbonyl (C=O) groups is 2. The molecule has 148 valence electrons. The number of hydrogen-bond donors (Lipinski definition) is 1. The van der Waals surface area contributed by atoms with Gasteiger partial charge in [-0.25, -0.2) is 14.3 Å². The summed E-state index contributed by atoms with van der Waals surface area (Å²) >= 11 is 0. The van der Waals surface area contributed by atoms with Gasteiger partial charge in [0.2, 0.25) is 0 Å². The van der Waals surface area contributed by atoms with Crippen LogP contribution >= 0.6 is 0 Å². The molecule has 0 spiro atoms. The first-order valence-corrected chi connectivity index (χ1v) is 7.60. The van der Waals surface area contributed by atoms with Crippen LogP contribution in [-0.2, 0) is 20.9 Å². The molecule has 10 nitrogen and oxygen atoms in total. The standard InChI is InChI=1S/C12H10N6O2.C3H3F3O2/c19-11(20)3-6-17-4-1-9(2-5-17)10-7-14-18-8-13-16-12(18)15-10;1-8-2(7)3(4,5)6/h1-2,4-5,7-8H,3,6H2;1H3/p+1. The van der Waals surface area contributed by atoms with E-state index >= 15 is 0 Å². The van der Waals surface area contributed by atoms with Crippen molar-refractivity contribution >= 4 is 17.7 Å². The van der Waals surface area contributed by atoms with Crippen molar-refractivity contribution in [1.82, 2.24) is 24.8 Å². The van der Waals surface area contributed by atoms with Crippen LogP contribution in [0.3, 0.4) is 0 Å². The summed E-state index contributed by atoms with van der Waals surface area (Å²) in [6.45, 7) is 0.435. The fourth-order valence-electron chi connectivity index (χ4n) is 1.89. The van der Waals surface area contributed by atoms with Gasteiger partial charge in [-0.05, 0) is 0 Å². The predicted octanol–water partition coefficient (Wildman–Crippen LogP) is 0.670. The van der Waals surface area contributed by atoms with Crippen molar-refractivity contribution in [2.24, 2.45) is 0 Å². The molecule has 0 aliphatic heterocycles. The van der Waals surface area contributed by atoms with Crippen LogP contribution in [-0.4, -0.2) is 55.1 Å². The number of nitrogens with zero attached hydrogens (tertiary/aromatic N) is 6. The lowest BCUT2D eigenvalue weighted by Gasteiger charge is -2.00. The van der Waals surface area contributed by atoms with Crippen LogP contribution in [0.1, 0.15) is 6.42 Å². The number of aliphatic carboxylic acids is 1. The molecular weight excluding hydrogens is 385 g/mol. The van der Waals surface area contributed by atoms with Crippen LogP contribution < -0.4 is 4.57 Å². The first kappa shape index (κ1) is 20.7. The lowest BCUT2D eigenvalue weighted by atomic mass is 10.2. The number of methoxy groups -OCH3 is 1. The Hall–Kier alpha value is -3.64. The number of carboxylic acid groups (broad SMARTS) is 1. The molecule has 13 heteroatoms. The normalized spacial score (nSPS) is 10.9. The number of rotatable bonds is 4. The van der Waals surface area contributed by atoms with Crippen molar-refractivity contribution in [1.29, 1.82) is 0 Å². The van der Waals surface area contributed by atoms with E-state index in [1.807, 2.05) is 24.5 Å². The Labute approximate surface area is 155 Å². The van der Waals surface area contributed by atoms with Crippen molar-refractivity contribution in [3.05, 3.63) is 37.1 Å². The highest BCUT2D eigenvalue weighted by Crippen LogP contribution is 2.15. The molecule has 0 aliphatic carbocycles. The lowest BCUT2D eigenvalue weighted by Crippen LogP contribution is -2.33. The number of aromatic nitrogens is 6. The molecule has 0 bridgehead atoms. The Kier molecular flexibility index (Phi) is 6.52. The monoisotopic (exact) mass is 399 g/mol. The number of alkyl halides is 3. The van der Waals surface area contributed by atoms with Crippen LogP contribution in [0, 0.1) is 0 Å². The van der Waals surface area contributed by atoms with Crippen molar-refractivity contribution in [3.8, 4) is 11.3 Å². The number of pyridine rings is 1. The van der Waals surface area contributed by atoms with E-state index < -0.39 is 18.1 Å². The second-order valence-corrected chi connectivity index (χ2v) is 5.17. The number of fused-ring (bicyclic) bond motifs is 1. The van der Waals surface area contributed by atoms with E-state index in [4.69, 9.17) is 5.11 Å². The van der Waals surface area contributed by atoms with Crippen molar-refractivity contribution < 1.29 is 37.2 Å². The molecule has 0 amide bonds. The van der Waals surface area contributed by atoms with Gasteiger partial charge in [0.05, 0.1) is 19.0 Å². The zero-order valence-corrected chi connectivity index (χ0v) is 14.4. The Morgan fingerprint density at radius 2 is 1.96 bits per heavy atom. The van der Waals surface area contributed by atoms with Gasteiger partial charge in [-0.2, -0.15) is 22.8 Å². The maximum absolute atomic E-state index is 11.0. The first-order chi connectivity index (χ1) is 13.2. The fourth-order valence-corrected chi connectivity index (χ4v) is 1.89. The Bertz CT molecular complexity index is 958. The van der Waals surface area contributed by atoms with Crippen molar-refractivity contribution in [2.75, 3.05) is 7.11 Å². The maximum Gasteiger partial charge on any atom is 0.490 e. The molecule has 0 aliphatic rings. The molecule has 0 unspecified atom stereocenters. The molecule has 0 saturated heterocycles. The molecule has 3 aromatic heterocycles. The molecular formula is C15H14F3N6O4+. The molecule has 3 aromatic rings. The Morgan fingerprint density at radius 3 is 2.50 bits per heavy atom. The predicted molar refractivity (Wildman–Crippen MR) is 84.5 cm³/mol. The second-order valence-electron chi connectivity index (χ2n) is 5.17. The third kappa shape index (κ3) is 5.69. The van der Waals surface area contributed by atoms with E-state index in [0.29, 0.717) is 25.1 Å². The maximum atomic E-state index is 11.0. The minimum atomic E-state index is -4.85. The summed E-state index contributed by atoms with van der Waals surface area (Å²) in [6.07, 6.45) is 1.98. The smallest absolute Gasteiger partial charge is 0.481 e. The first-order valence-electron chi connectivity index (χ1n) is 7.60. The van der Waals surface area contributed by atoms with Gasteiger partial charge >= 0.3 is 18.1 Å². The summed E-state index contributed by atoms with van der Waals surface area (Å²) in [5, 5.41) is 20.3. The zero-order chi connectivity index (χ0) is 20.7. The van der Waals surface area contributed by atoms with Crippen LogP contribution in [0.4, 0.5) is 13.2 Å². The van der Waals surface area contributed by atoms with E-state index in [1.165, 1.54) is 10.8 Å². The summed E-state index contributed by atoms with van der Waals surface area (Å²) in [5.74, 6) is -2.55. The SMILES string of the molecule is COC(=O)C(F)(F)F.O=C(O)CC[n+]1ccc(-c2cnn3cnnc3n2)cc1. The molecule has 28 heavy (non-hydrogen) atoms. The van der Waals surface area contributed by atoms with Gasteiger partial charge < -0.3 is 9.84 Å². The fraction of sp³-hybridized carbons (Fsp3) is 0.267. The summed E-state index contributed by atoms with van der Waals surface area (Å²) in [7, 11) is 0.676. The average molecular weight is 399 g/mol. The quantitative estimate of drug-likeness (QED) is 0.502. The number of aryl methyl sites for hydroxylation is 1. The van der Waals surface area contributed by atoms with E-state index in [0.717, 1.165) is 5.56 Å². The van der Waals surface area contributed by atoms with Gasteiger partial charge in [-0.3, -0.25) is 4.79 Å². The molecule has 3 heterocycles. The highest BCUT2D eigenvalue weighted by atomic mass is 19.4. The summed E-state index contributed by atoms with van der Waals surface area (Å²) in [6, 6.07) is 3.72. The van der Waals surface area contributed by atoms with Crippen LogP contribution in [0.5, 0.6) is 0 Å². The van der Waals surface area contributed by atoms with Crippen molar-refractivity contribution in [3.63, 3.8) is 0 Å². The van der Waals surface area contributed by atoms with Gasteiger partial charge in [-0.15, -0.1) is 10.2 Å². The van der Waals surface area contributed by atoms with E-state index in [-0.39, 0.29) is 6.42 Å². The summed E-state index contributed by atoms with van der Waals surface area (Å²) in [4.78, 5) is 24.3. The minimum Gasteiger partial charge on any atom is -0.481 e. The molecule has 0 aromatic carbocycles. The summed E-state index contributed by atoms with van der Waals surface area (Å²) < 4.78 is 39.6. The third-order valence-corrected chi connectivity index (χ3v) is 3.23. The number of halogens is 3. The van der Waals surface area contributed by atoms with Gasteiger partial charge in [0.25, 0.3) is 5.78 Å². The second kappa shape index (κ2) is 8.83. The van der Waals surface area contributed by atoms with E-state index in [2.05, 4.69) is 25.0 Å². The number of carboxylic acids is 1. The van der Waals surface area contributed by atoms with Gasteiger partial charge in [-0.1, -0.05) is 0 Å². The zero-order valence-electron chi connectivity index (χ0n) is 14.4. The van der Waals surface area contributed by atoms with Crippen LogP contribution in [0.15, 0.2) is 37.1 Å². The molecule has 0 fully saturated rings. The number of carbonyl (C=O) groups excluding carboxylic acids is 1.